The molecule has 2 amide bonds. The summed E-state index contributed by atoms with van der Waals surface area (Å²) >= 11 is 0. The Bertz CT molecular complexity index is 155. The second-order valence-corrected chi connectivity index (χ2v) is 2.55. The molecule has 0 aromatic heterocycles. The summed E-state index contributed by atoms with van der Waals surface area (Å²) in [7, 11) is 0. The first kappa shape index (κ1) is 10.9. The molecule has 0 aliphatic carbocycles. The lowest BCUT2D eigenvalue weighted by Crippen LogP contribution is -2.44. The highest BCUT2D eigenvalue weighted by Crippen LogP contribution is 1.88. The van der Waals surface area contributed by atoms with E-state index in [1.807, 2.05) is 13.8 Å². The topological polar surface area (TPSA) is 49.4 Å². The largest absolute Gasteiger partial charge is 0.329 e. The highest BCUT2D eigenvalue weighted by molar-refractivity contribution is 5.77. The first-order valence-electron chi connectivity index (χ1n) is 4.16. The van der Waals surface area contributed by atoms with Gasteiger partial charge >= 0.3 is 6.03 Å². The van der Waals surface area contributed by atoms with Gasteiger partial charge in [0.15, 0.2) is 0 Å². The average molecular weight is 172 g/mol. The smallest absolute Gasteiger partial charge is 0.317 e. The van der Waals surface area contributed by atoms with Crippen LogP contribution in [0.2, 0.25) is 0 Å². The lowest BCUT2D eigenvalue weighted by molar-refractivity contribution is -0.109. The van der Waals surface area contributed by atoms with Crippen LogP contribution in [0.3, 0.4) is 0 Å². The molecule has 0 aliphatic rings. The molecule has 0 spiro atoms. The van der Waals surface area contributed by atoms with Crippen molar-refractivity contribution in [3.8, 4) is 0 Å². The zero-order chi connectivity index (χ0) is 9.56. The van der Waals surface area contributed by atoms with E-state index in [9.17, 15) is 9.59 Å². The summed E-state index contributed by atoms with van der Waals surface area (Å²) in [6.45, 7) is 6.76. The molecule has 4 nitrogen and oxygen atoms in total. The van der Waals surface area contributed by atoms with E-state index in [1.165, 1.54) is 0 Å². The Labute approximate surface area is 72.9 Å². The number of nitrogens with one attached hydrogen (secondary N) is 1. The maximum absolute atomic E-state index is 11.2. The molecule has 70 valence electrons. The van der Waals surface area contributed by atoms with E-state index in [0.29, 0.717) is 19.4 Å². The second-order valence-electron chi connectivity index (χ2n) is 2.55. The van der Waals surface area contributed by atoms with Crippen LogP contribution in [0.5, 0.6) is 0 Å². The number of carbonyl (C=O) groups is 2. The fourth-order valence-corrected chi connectivity index (χ4v) is 0.831. The summed E-state index contributed by atoms with van der Waals surface area (Å²) in [6, 6.07) is -0.585. The number of urea groups is 1. The van der Waals surface area contributed by atoms with Crippen molar-refractivity contribution >= 4 is 12.3 Å². The Hall–Kier alpha value is -1.06. The van der Waals surface area contributed by atoms with Crippen molar-refractivity contribution in [3.05, 3.63) is 0 Å². The van der Waals surface area contributed by atoms with Gasteiger partial charge < -0.3 is 15.0 Å². The summed E-state index contributed by atoms with van der Waals surface area (Å²) in [6.07, 6.45) is 0.710. The van der Waals surface area contributed by atoms with Gasteiger partial charge in [-0.05, 0) is 20.8 Å². The SMILES string of the molecule is CCN(CC)C(=O)NC(C)C=O. The third-order valence-electron chi connectivity index (χ3n) is 1.61. The quantitative estimate of drug-likeness (QED) is 0.632. The minimum Gasteiger partial charge on any atom is -0.329 e. The third-order valence-corrected chi connectivity index (χ3v) is 1.61. The van der Waals surface area contributed by atoms with Crippen LogP contribution in [0.15, 0.2) is 0 Å². The van der Waals surface area contributed by atoms with E-state index in [4.69, 9.17) is 0 Å². The zero-order valence-corrected chi connectivity index (χ0v) is 7.83. The molecule has 0 saturated heterocycles. The van der Waals surface area contributed by atoms with Gasteiger partial charge in [0.25, 0.3) is 0 Å². The van der Waals surface area contributed by atoms with Crippen LogP contribution >= 0.6 is 0 Å². The summed E-state index contributed by atoms with van der Waals surface area (Å²) in [4.78, 5) is 23.1. The molecule has 0 aromatic rings. The fraction of sp³-hybridized carbons (Fsp3) is 0.750. The molecule has 0 aliphatic heterocycles. The van der Waals surface area contributed by atoms with Gasteiger partial charge in [0, 0.05) is 13.1 Å². The number of aldehydes is 1. The molecule has 0 bridgehead atoms. The van der Waals surface area contributed by atoms with Gasteiger partial charge in [-0.1, -0.05) is 0 Å². The van der Waals surface area contributed by atoms with Crippen molar-refractivity contribution in [2.45, 2.75) is 26.8 Å². The molecule has 1 unspecified atom stereocenters. The Balaban J connectivity index is 3.92. The van der Waals surface area contributed by atoms with E-state index in [2.05, 4.69) is 5.32 Å². The van der Waals surface area contributed by atoms with Gasteiger partial charge in [0.05, 0.1) is 6.04 Å². The molecule has 0 fully saturated rings. The van der Waals surface area contributed by atoms with Gasteiger partial charge in [-0.3, -0.25) is 0 Å². The van der Waals surface area contributed by atoms with Crippen LogP contribution in [0.25, 0.3) is 0 Å². The van der Waals surface area contributed by atoms with E-state index < -0.39 is 6.04 Å². The summed E-state index contributed by atoms with van der Waals surface area (Å²) in [5.74, 6) is 0. The van der Waals surface area contributed by atoms with Crippen LogP contribution in [-0.4, -0.2) is 36.3 Å². The van der Waals surface area contributed by atoms with Crippen molar-refractivity contribution in [1.29, 1.82) is 0 Å². The lowest BCUT2D eigenvalue weighted by atomic mass is 10.4. The molecule has 0 radical (unpaired) electrons. The van der Waals surface area contributed by atoms with Crippen LogP contribution < -0.4 is 5.32 Å². The number of hydrogen-bond acceptors (Lipinski definition) is 2. The van der Waals surface area contributed by atoms with Gasteiger partial charge in [-0.25, -0.2) is 4.79 Å². The number of nitrogens with zero attached hydrogens (tertiary/aromatic N) is 1. The minimum absolute atomic E-state index is 0.181. The Morgan fingerprint density at radius 1 is 1.50 bits per heavy atom. The number of amides is 2. The van der Waals surface area contributed by atoms with Gasteiger partial charge in [0.1, 0.15) is 6.29 Å². The zero-order valence-electron chi connectivity index (χ0n) is 7.83. The standard InChI is InChI=1S/C8H16N2O2/c1-4-10(5-2)8(12)9-7(3)6-11/h6-7H,4-5H2,1-3H3,(H,9,12). The number of hydrogen-bond donors (Lipinski definition) is 1. The molecule has 0 rings (SSSR count). The first-order chi connectivity index (χ1) is 5.65. The highest BCUT2D eigenvalue weighted by atomic mass is 16.2. The Morgan fingerprint density at radius 2 is 2.00 bits per heavy atom. The van der Waals surface area contributed by atoms with E-state index >= 15 is 0 Å². The summed E-state index contributed by atoms with van der Waals surface area (Å²) in [5.41, 5.74) is 0. The minimum atomic E-state index is -0.405. The second kappa shape index (κ2) is 5.57. The predicted molar refractivity (Wildman–Crippen MR) is 47.0 cm³/mol. The first-order valence-corrected chi connectivity index (χ1v) is 4.16. The fourth-order valence-electron chi connectivity index (χ4n) is 0.831. The van der Waals surface area contributed by atoms with Crippen LogP contribution in [0.4, 0.5) is 4.79 Å². The highest BCUT2D eigenvalue weighted by Gasteiger charge is 2.10. The van der Waals surface area contributed by atoms with Crippen molar-refractivity contribution < 1.29 is 9.59 Å². The maximum Gasteiger partial charge on any atom is 0.317 e. The summed E-state index contributed by atoms with van der Waals surface area (Å²) < 4.78 is 0. The van der Waals surface area contributed by atoms with Crippen LogP contribution in [0, 0.1) is 0 Å². The molecule has 1 atom stereocenters. The molecule has 0 heterocycles. The van der Waals surface area contributed by atoms with Crippen molar-refractivity contribution in [1.82, 2.24) is 10.2 Å². The van der Waals surface area contributed by atoms with Crippen LogP contribution in [-0.2, 0) is 4.79 Å². The van der Waals surface area contributed by atoms with Gasteiger partial charge in [-0.15, -0.1) is 0 Å². The summed E-state index contributed by atoms with van der Waals surface area (Å²) in [5, 5.41) is 2.55. The monoisotopic (exact) mass is 172 g/mol. The number of carbonyl (C=O) groups excluding carboxylic acids is 2. The third kappa shape index (κ3) is 3.37. The Morgan fingerprint density at radius 3 is 2.33 bits per heavy atom. The molecule has 0 saturated carbocycles. The van der Waals surface area contributed by atoms with E-state index in [0.717, 1.165) is 0 Å². The normalized spacial score (nSPS) is 11.9. The molecule has 4 heteroatoms. The average Bonchev–Trinajstić information content (AvgIpc) is 2.06. The Kier molecular flexibility index (Phi) is 5.08. The van der Waals surface area contributed by atoms with E-state index in [1.54, 1.807) is 11.8 Å². The van der Waals surface area contributed by atoms with Crippen LogP contribution in [0.1, 0.15) is 20.8 Å². The lowest BCUT2D eigenvalue weighted by Gasteiger charge is -2.20. The van der Waals surface area contributed by atoms with Crippen molar-refractivity contribution in [3.63, 3.8) is 0 Å². The van der Waals surface area contributed by atoms with Crippen molar-refractivity contribution in [2.24, 2.45) is 0 Å². The molecular weight excluding hydrogens is 156 g/mol. The number of rotatable bonds is 4. The molecular formula is C8H16N2O2. The predicted octanol–water partition coefficient (Wildman–Crippen LogP) is 0.625. The maximum atomic E-state index is 11.2. The van der Waals surface area contributed by atoms with Gasteiger partial charge in [-0.2, -0.15) is 0 Å². The van der Waals surface area contributed by atoms with Crippen molar-refractivity contribution in [2.75, 3.05) is 13.1 Å². The molecule has 0 aromatic carbocycles. The van der Waals surface area contributed by atoms with E-state index in [-0.39, 0.29) is 6.03 Å². The molecule has 1 N–H and O–H groups in total. The van der Waals surface area contributed by atoms with Gasteiger partial charge in [0.2, 0.25) is 0 Å². The molecule has 12 heavy (non-hydrogen) atoms.